The van der Waals surface area contributed by atoms with E-state index in [1.165, 1.54) is 20.2 Å². The second kappa shape index (κ2) is 5.92. The van der Waals surface area contributed by atoms with Crippen LogP contribution < -0.4 is 0 Å². The van der Waals surface area contributed by atoms with E-state index in [2.05, 4.69) is 42.3 Å². The van der Waals surface area contributed by atoms with Gasteiger partial charge < -0.3 is 4.90 Å². The van der Waals surface area contributed by atoms with Crippen molar-refractivity contribution in [2.75, 3.05) is 14.1 Å². The Kier molecular flexibility index (Phi) is 4.84. The van der Waals surface area contributed by atoms with Crippen LogP contribution in [0.25, 0.3) is 0 Å². The van der Waals surface area contributed by atoms with Crippen molar-refractivity contribution >= 4 is 36.0 Å². The summed E-state index contributed by atoms with van der Waals surface area (Å²) in [6.45, 7) is 0. The van der Waals surface area contributed by atoms with E-state index in [-0.39, 0.29) is 5.91 Å². The normalized spacial score (nSPS) is 9.00. The molecule has 0 saturated heterocycles. The van der Waals surface area contributed by atoms with Crippen molar-refractivity contribution in [2.45, 2.75) is 0 Å². The molecule has 0 N–H and O–H groups in total. The maximum absolute atomic E-state index is 11.7. The molecule has 0 unspecified atom stereocenters. The van der Waals surface area contributed by atoms with Crippen LogP contribution in [-0.4, -0.2) is 34.9 Å². The van der Waals surface area contributed by atoms with Crippen molar-refractivity contribution in [1.29, 1.82) is 0 Å². The Hall–Kier alpha value is -0.810. The molecule has 0 bridgehead atoms. The van der Waals surface area contributed by atoms with E-state index in [0.717, 1.165) is 0 Å². The van der Waals surface area contributed by atoms with E-state index < -0.39 is 0 Å². The number of aromatic nitrogens is 2. The molecule has 1 rings (SSSR count). The molecule has 0 aliphatic rings. The third-order valence-corrected chi connectivity index (χ3v) is 2.39. The van der Waals surface area contributed by atoms with Gasteiger partial charge in [0.05, 0.1) is 5.56 Å². The van der Waals surface area contributed by atoms with Gasteiger partial charge in [-0.25, -0.2) is 9.97 Å². The molecule has 15 heavy (non-hydrogen) atoms. The highest BCUT2D eigenvalue weighted by molar-refractivity contribution is 14.2. The summed E-state index contributed by atoms with van der Waals surface area (Å²) < 4.78 is 0. The Morgan fingerprint density at radius 1 is 1.60 bits per heavy atom. The number of hydrogen-bond acceptors (Lipinski definition) is 4. The van der Waals surface area contributed by atoms with Crippen LogP contribution in [0.15, 0.2) is 12.5 Å². The number of hydrogen-bond donors (Lipinski definition) is 0. The van der Waals surface area contributed by atoms with Gasteiger partial charge in [0.2, 0.25) is 0 Å². The SMILES string of the molecule is CN(C)C(=O)c1ncncc1C#CSI. The molecule has 0 fully saturated rings. The first-order valence-electron chi connectivity index (χ1n) is 3.97. The molecule has 0 aliphatic carbocycles. The first-order valence-corrected chi connectivity index (χ1v) is 7.33. The fourth-order valence-electron chi connectivity index (χ4n) is 0.878. The molecule has 0 radical (unpaired) electrons. The summed E-state index contributed by atoms with van der Waals surface area (Å²) in [7, 11) is 4.70. The Bertz CT molecular complexity index is 425. The Morgan fingerprint density at radius 2 is 2.33 bits per heavy atom. The van der Waals surface area contributed by atoms with Crippen LogP contribution >= 0.6 is 30.1 Å². The number of nitrogens with zero attached hydrogens (tertiary/aromatic N) is 3. The zero-order valence-corrected chi connectivity index (χ0v) is 11.2. The fraction of sp³-hybridized carbons (Fsp3) is 0.222. The average Bonchev–Trinajstić information content (AvgIpc) is 2.25. The van der Waals surface area contributed by atoms with Gasteiger partial charge in [0.15, 0.2) is 0 Å². The molecule has 0 spiro atoms. The molecular formula is C9H8IN3OS. The molecule has 1 amide bonds. The topological polar surface area (TPSA) is 46.1 Å². The Morgan fingerprint density at radius 3 is 2.93 bits per heavy atom. The molecular weight excluding hydrogens is 325 g/mol. The van der Waals surface area contributed by atoms with Gasteiger partial charge in [0.1, 0.15) is 12.0 Å². The maximum atomic E-state index is 11.7. The zero-order chi connectivity index (χ0) is 11.3. The highest BCUT2D eigenvalue weighted by Gasteiger charge is 2.13. The van der Waals surface area contributed by atoms with E-state index in [0.29, 0.717) is 11.3 Å². The molecule has 0 aliphatic heterocycles. The monoisotopic (exact) mass is 333 g/mol. The summed E-state index contributed by atoms with van der Waals surface area (Å²) in [5, 5.41) is 2.80. The van der Waals surface area contributed by atoms with Crippen molar-refractivity contribution < 1.29 is 4.79 Å². The smallest absolute Gasteiger partial charge is 0.273 e. The largest absolute Gasteiger partial charge is 0.343 e. The quantitative estimate of drug-likeness (QED) is 0.578. The standard InChI is InChI=1S/C9H8IN3OS/c1-13(2)9(14)8-7(3-4-15-10)5-11-6-12-8/h5-6H,1-2H3. The Labute approximate surface area is 104 Å². The molecule has 6 heteroatoms. The molecule has 1 heterocycles. The Balaban J connectivity index is 3.12. The number of rotatable bonds is 1. The van der Waals surface area contributed by atoms with Crippen molar-refractivity contribution in [1.82, 2.24) is 14.9 Å². The minimum atomic E-state index is -0.167. The number of carbonyl (C=O) groups excluding carboxylic acids is 1. The first-order chi connectivity index (χ1) is 7.16. The van der Waals surface area contributed by atoms with Crippen LogP contribution in [0.4, 0.5) is 0 Å². The molecule has 4 nitrogen and oxygen atoms in total. The molecule has 78 valence electrons. The van der Waals surface area contributed by atoms with Gasteiger partial charge in [-0.1, -0.05) is 5.92 Å². The van der Waals surface area contributed by atoms with Crippen molar-refractivity contribution in [2.24, 2.45) is 0 Å². The second-order valence-corrected chi connectivity index (χ2v) is 4.47. The van der Waals surface area contributed by atoms with Crippen LogP contribution in [0, 0.1) is 11.2 Å². The summed E-state index contributed by atoms with van der Waals surface area (Å²) in [5.41, 5.74) is 0.897. The average molecular weight is 333 g/mol. The number of amides is 1. The lowest BCUT2D eigenvalue weighted by Gasteiger charge is -2.09. The second-order valence-electron chi connectivity index (χ2n) is 2.79. The summed E-state index contributed by atoms with van der Waals surface area (Å²) >= 11 is 2.06. The van der Waals surface area contributed by atoms with Gasteiger partial charge >= 0.3 is 0 Å². The van der Waals surface area contributed by atoms with E-state index >= 15 is 0 Å². The molecule has 0 saturated carbocycles. The highest BCUT2D eigenvalue weighted by atomic mass is 127. The zero-order valence-electron chi connectivity index (χ0n) is 8.19. The fourth-order valence-corrected chi connectivity index (χ4v) is 1.36. The van der Waals surface area contributed by atoms with E-state index in [4.69, 9.17) is 0 Å². The molecule has 1 aromatic rings. The summed E-state index contributed by atoms with van der Waals surface area (Å²) in [5.74, 6) is 2.67. The molecule has 0 aromatic carbocycles. The maximum Gasteiger partial charge on any atom is 0.273 e. The molecule has 0 atom stereocenters. The van der Waals surface area contributed by atoms with E-state index in [9.17, 15) is 4.79 Å². The summed E-state index contributed by atoms with van der Waals surface area (Å²) in [4.78, 5) is 20.9. The van der Waals surface area contributed by atoms with Gasteiger partial charge in [-0.3, -0.25) is 4.79 Å². The van der Waals surface area contributed by atoms with Gasteiger partial charge in [-0.05, 0) is 14.2 Å². The predicted octanol–water partition coefficient (Wildman–Crippen LogP) is 1.57. The van der Waals surface area contributed by atoms with Crippen molar-refractivity contribution in [3.63, 3.8) is 0 Å². The number of carbonyl (C=O) groups is 1. The third-order valence-electron chi connectivity index (χ3n) is 1.55. The van der Waals surface area contributed by atoms with Gasteiger partial charge in [-0.15, -0.1) is 0 Å². The van der Waals surface area contributed by atoms with E-state index in [1.807, 2.05) is 0 Å². The predicted molar refractivity (Wildman–Crippen MR) is 68.5 cm³/mol. The molecule has 1 aromatic heterocycles. The summed E-state index contributed by atoms with van der Waals surface area (Å²) in [6.07, 6.45) is 2.89. The first kappa shape index (κ1) is 12.3. The van der Waals surface area contributed by atoms with Crippen LogP contribution in [0.1, 0.15) is 16.1 Å². The van der Waals surface area contributed by atoms with Gasteiger partial charge in [0.25, 0.3) is 5.91 Å². The van der Waals surface area contributed by atoms with Crippen molar-refractivity contribution in [3.05, 3.63) is 23.8 Å². The van der Waals surface area contributed by atoms with E-state index in [1.54, 1.807) is 20.3 Å². The lowest BCUT2D eigenvalue weighted by atomic mass is 10.2. The number of halogens is 1. The minimum Gasteiger partial charge on any atom is -0.343 e. The summed E-state index contributed by atoms with van der Waals surface area (Å²) in [6, 6.07) is 0. The van der Waals surface area contributed by atoms with Gasteiger partial charge in [-0.2, -0.15) is 0 Å². The lowest BCUT2D eigenvalue weighted by Crippen LogP contribution is -2.23. The third kappa shape index (κ3) is 3.35. The van der Waals surface area contributed by atoms with Crippen molar-refractivity contribution in [3.8, 4) is 11.2 Å². The van der Waals surface area contributed by atoms with Crippen LogP contribution in [0.5, 0.6) is 0 Å². The lowest BCUT2D eigenvalue weighted by molar-refractivity contribution is 0.0821. The van der Waals surface area contributed by atoms with Crippen LogP contribution in [-0.2, 0) is 0 Å². The highest BCUT2D eigenvalue weighted by Crippen LogP contribution is 2.09. The van der Waals surface area contributed by atoms with Crippen LogP contribution in [0.2, 0.25) is 0 Å². The van der Waals surface area contributed by atoms with Gasteiger partial charge in [0, 0.05) is 41.5 Å². The minimum absolute atomic E-state index is 0.167. The van der Waals surface area contributed by atoms with Crippen LogP contribution in [0.3, 0.4) is 0 Å².